The number of carbonyl (C=O) groups is 1. The SMILES string of the molecule is CNC(CCSC)C(=O)I. The fourth-order valence-electron chi connectivity index (χ4n) is 0.607. The summed E-state index contributed by atoms with van der Waals surface area (Å²) < 4.78 is 0.203. The van der Waals surface area contributed by atoms with Gasteiger partial charge in [-0.3, -0.25) is 4.79 Å². The maximum atomic E-state index is 10.8. The molecule has 0 amide bonds. The van der Waals surface area contributed by atoms with E-state index in [1.807, 2.05) is 35.9 Å². The summed E-state index contributed by atoms with van der Waals surface area (Å²) in [5, 5.41) is 2.97. The molecule has 0 aromatic heterocycles. The largest absolute Gasteiger partial charge is 0.310 e. The van der Waals surface area contributed by atoms with Crippen LogP contribution < -0.4 is 5.32 Å². The molecule has 1 N–H and O–H groups in total. The smallest absolute Gasteiger partial charge is 0.209 e. The fourth-order valence-corrected chi connectivity index (χ4v) is 1.70. The summed E-state index contributed by atoms with van der Waals surface area (Å²) in [6.45, 7) is 0. The van der Waals surface area contributed by atoms with Crippen molar-refractivity contribution < 1.29 is 4.79 Å². The van der Waals surface area contributed by atoms with Crippen molar-refractivity contribution in [3.63, 3.8) is 0 Å². The monoisotopic (exact) mass is 273 g/mol. The molecule has 60 valence electrons. The molecule has 0 aliphatic rings. The summed E-state index contributed by atoms with van der Waals surface area (Å²) in [6.07, 6.45) is 2.98. The second-order valence-electron chi connectivity index (χ2n) is 1.93. The molecule has 1 unspecified atom stereocenters. The predicted octanol–water partition coefficient (Wildman–Crippen LogP) is 1.29. The van der Waals surface area contributed by atoms with Gasteiger partial charge < -0.3 is 5.32 Å². The molecule has 2 nitrogen and oxygen atoms in total. The summed E-state index contributed by atoms with van der Waals surface area (Å²) in [5.74, 6) is 1.04. The average Bonchev–Trinajstić information content (AvgIpc) is 1.89. The first-order chi connectivity index (χ1) is 4.72. The highest BCUT2D eigenvalue weighted by molar-refractivity contribution is 14.1. The summed E-state index contributed by atoms with van der Waals surface area (Å²) in [4.78, 5) is 10.8. The minimum absolute atomic E-state index is 0.0491. The van der Waals surface area contributed by atoms with Gasteiger partial charge in [0.1, 0.15) is 0 Å². The first-order valence-corrected chi connectivity index (χ1v) is 5.55. The van der Waals surface area contributed by atoms with E-state index >= 15 is 0 Å². The molecule has 0 aliphatic carbocycles. The number of halogens is 1. The number of hydrogen-bond donors (Lipinski definition) is 1. The Bertz CT molecular complexity index is 110. The van der Waals surface area contributed by atoms with E-state index in [1.165, 1.54) is 0 Å². The molecule has 0 aromatic rings. The highest BCUT2D eigenvalue weighted by Gasteiger charge is 2.10. The Morgan fingerprint density at radius 3 is 2.70 bits per heavy atom. The van der Waals surface area contributed by atoms with Gasteiger partial charge in [-0.2, -0.15) is 11.8 Å². The van der Waals surface area contributed by atoms with Gasteiger partial charge in [-0.15, -0.1) is 0 Å². The number of nitrogens with one attached hydrogen (secondary N) is 1. The molecule has 0 saturated carbocycles. The third kappa shape index (κ3) is 4.51. The molecule has 0 rings (SSSR count). The molecule has 0 aliphatic heterocycles. The molecule has 1 atom stereocenters. The Morgan fingerprint density at radius 2 is 2.40 bits per heavy atom. The van der Waals surface area contributed by atoms with Crippen LogP contribution in [-0.4, -0.2) is 28.9 Å². The Labute approximate surface area is 79.7 Å². The van der Waals surface area contributed by atoms with Crippen molar-refractivity contribution in [2.45, 2.75) is 12.5 Å². The second-order valence-corrected chi connectivity index (χ2v) is 3.98. The lowest BCUT2D eigenvalue weighted by Crippen LogP contribution is -2.31. The quantitative estimate of drug-likeness (QED) is 0.604. The Kier molecular flexibility index (Phi) is 6.88. The van der Waals surface area contributed by atoms with E-state index in [0.717, 1.165) is 12.2 Å². The van der Waals surface area contributed by atoms with Gasteiger partial charge in [0.2, 0.25) is 3.79 Å². The molecule has 0 fully saturated rings. The first-order valence-electron chi connectivity index (χ1n) is 3.08. The van der Waals surface area contributed by atoms with Crippen LogP contribution in [0.25, 0.3) is 0 Å². The normalized spacial score (nSPS) is 13.1. The topological polar surface area (TPSA) is 29.1 Å². The Balaban J connectivity index is 3.50. The van der Waals surface area contributed by atoms with Crippen LogP contribution in [0.3, 0.4) is 0 Å². The van der Waals surface area contributed by atoms with Crippen molar-refractivity contribution in [3.8, 4) is 0 Å². The van der Waals surface area contributed by atoms with E-state index in [4.69, 9.17) is 0 Å². The first kappa shape index (κ1) is 10.7. The van der Waals surface area contributed by atoms with Crippen LogP contribution in [0.15, 0.2) is 0 Å². The maximum Gasteiger partial charge on any atom is 0.209 e. The molecule has 10 heavy (non-hydrogen) atoms. The number of likely N-dealkylation sites (N-methyl/N-ethyl adjacent to an activating group) is 1. The van der Waals surface area contributed by atoms with E-state index in [9.17, 15) is 4.79 Å². The number of carbonyl (C=O) groups excluding carboxylic acids is 1. The van der Waals surface area contributed by atoms with Crippen LogP contribution in [-0.2, 0) is 4.79 Å². The van der Waals surface area contributed by atoms with Crippen LogP contribution in [0.5, 0.6) is 0 Å². The summed E-state index contributed by atoms with van der Waals surface area (Å²) >= 11 is 3.60. The van der Waals surface area contributed by atoms with E-state index in [2.05, 4.69) is 5.32 Å². The zero-order valence-electron chi connectivity index (χ0n) is 6.19. The standard InChI is InChI=1S/C6H12INOS/c1-8-5(6(7)9)3-4-10-2/h5,8H,3-4H2,1-2H3. The van der Waals surface area contributed by atoms with Gasteiger partial charge in [-0.25, -0.2) is 0 Å². The van der Waals surface area contributed by atoms with Gasteiger partial charge in [0, 0.05) is 22.6 Å². The highest BCUT2D eigenvalue weighted by atomic mass is 127. The third-order valence-corrected chi connectivity index (χ3v) is 2.63. The van der Waals surface area contributed by atoms with Crippen LogP contribution in [0.1, 0.15) is 6.42 Å². The zero-order valence-corrected chi connectivity index (χ0v) is 9.16. The highest BCUT2D eigenvalue weighted by Crippen LogP contribution is 2.04. The van der Waals surface area contributed by atoms with E-state index in [-0.39, 0.29) is 9.83 Å². The van der Waals surface area contributed by atoms with Crippen LogP contribution in [0, 0.1) is 0 Å². The molecule has 0 spiro atoms. The predicted molar refractivity (Wildman–Crippen MR) is 54.9 cm³/mol. The van der Waals surface area contributed by atoms with Gasteiger partial charge in [0.25, 0.3) is 0 Å². The van der Waals surface area contributed by atoms with Crippen LogP contribution >= 0.6 is 34.4 Å². The number of thioether (sulfide) groups is 1. The van der Waals surface area contributed by atoms with Gasteiger partial charge in [0.05, 0.1) is 6.04 Å². The van der Waals surface area contributed by atoms with Gasteiger partial charge in [-0.05, 0) is 25.5 Å². The molecule has 0 aromatic carbocycles. The average molecular weight is 273 g/mol. The summed E-state index contributed by atoms with van der Waals surface area (Å²) in [5.41, 5.74) is 0. The van der Waals surface area contributed by atoms with Crippen molar-refractivity contribution in [1.29, 1.82) is 0 Å². The fraction of sp³-hybridized carbons (Fsp3) is 0.833. The molecular weight excluding hydrogens is 261 g/mol. The van der Waals surface area contributed by atoms with Crippen LogP contribution in [0.4, 0.5) is 0 Å². The number of hydrogen-bond acceptors (Lipinski definition) is 3. The van der Waals surface area contributed by atoms with Gasteiger partial charge >= 0.3 is 0 Å². The lowest BCUT2D eigenvalue weighted by atomic mass is 10.2. The summed E-state index contributed by atoms with van der Waals surface area (Å²) in [6, 6.07) is 0.0491. The Morgan fingerprint density at radius 1 is 1.80 bits per heavy atom. The lowest BCUT2D eigenvalue weighted by molar-refractivity contribution is -0.111. The number of rotatable bonds is 5. The van der Waals surface area contributed by atoms with Crippen molar-refractivity contribution in [3.05, 3.63) is 0 Å². The second kappa shape index (κ2) is 6.42. The zero-order chi connectivity index (χ0) is 7.98. The lowest BCUT2D eigenvalue weighted by Gasteiger charge is -2.09. The van der Waals surface area contributed by atoms with Crippen molar-refractivity contribution in [1.82, 2.24) is 5.32 Å². The van der Waals surface area contributed by atoms with E-state index in [1.54, 1.807) is 11.8 Å². The molecule has 4 heteroatoms. The van der Waals surface area contributed by atoms with Gasteiger partial charge in [-0.1, -0.05) is 0 Å². The Hall–Kier alpha value is 0.710. The summed E-state index contributed by atoms with van der Waals surface area (Å²) in [7, 11) is 1.82. The molecule has 0 heterocycles. The maximum absolute atomic E-state index is 10.8. The van der Waals surface area contributed by atoms with Crippen molar-refractivity contribution in [2.24, 2.45) is 0 Å². The minimum Gasteiger partial charge on any atom is -0.310 e. The minimum atomic E-state index is 0.0491. The van der Waals surface area contributed by atoms with E-state index in [0.29, 0.717) is 0 Å². The molecular formula is C6H12INOS. The van der Waals surface area contributed by atoms with Crippen molar-refractivity contribution >= 4 is 38.1 Å². The van der Waals surface area contributed by atoms with Gasteiger partial charge in [0.15, 0.2) is 0 Å². The van der Waals surface area contributed by atoms with Crippen LogP contribution in [0.2, 0.25) is 0 Å². The molecule has 0 bridgehead atoms. The van der Waals surface area contributed by atoms with E-state index < -0.39 is 0 Å². The van der Waals surface area contributed by atoms with Crippen molar-refractivity contribution in [2.75, 3.05) is 19.1 Å². The third-order valence-electron chi connectivity index (χ3n) is 1.23. The molecule has 0 saturated heterocycles. The molecule has 0 radical (unpaired) electrons.